The maximum Gasteiger partial charge on any atom is 0.410 e. The first kappa shape index (κ1) is 19.5. The number of nitrogens with zero attached hydrogens (tertiary/aromatic N) is 5. The first-order chi connectivity index (χ1) is 12.9. The van der Waals surface area contributed by atoms with E-state index < -0.39 is 0 Å². The van der Waals surface area contributed by atoms with Gasteiger partial charge >= 0.3 is 6.09 Å². The van der Waals surface area contributed by atoms with Crippen LogP contribution < -0.4 is 0 Å². The number of carbonyl (C=O) groups is 1. The Morgan fingerprint density at radius 1 is 1.26 bits per heavy atom. The van der Waals surface area contributed by atoms with Crippen LogP contribution in [0, 0.1) is 0 Å². The molecule has 3 heterocycles. The van der Waals surface area contributed by atoms with Crippen LogP contribution in [-0.2, 0) is 9.47 Å². The highest BCUT2D eigenvalue weighted by Crippen LogP contribution is 2.24. The molecular weight excluding hydrogens is 374 g/mol. The number of halogens is 1. The first-order valence-electron chi connectivity index (χ1n) is 8.85. The lowest BCUT2D eigenvalue weighted by atomic mass is 10.1. The summed E-state index contributed by atoms with van der Waals surface area (Å²) >= 11 is 5.68. The van der Waals surface area contributed by atoms with E-state index in [2.05, 4.69) is 20.1 Å². The van der Waals surface area contributed by atoms with Gasteiger partial charge in [0.05, 0.1) is 17.8 Å². The first-order valence-corrected chi connectivity index (χ1v) is 9.22. The summed E-state index contributed by atoms with van der Waals surface area (Å²) in [6.07, 6.45) is 3.76. The van der Waals surface area contributed by atoms with Crippen molar-refractivity contribution in [1.82, 2.24) is 25.0 Å². The molecule has 146 valence electrons. The van der Waals surface area contributed by atoms with Crippen molar-refractivity contribution in [1.29, 1.82) is 0 Å². The molecule has 3 rings (SSSR count). The summed E-state index contributed by atoms with van der Waals surface area (Å²) in [7, 11) is 0. The maximum absolute atomic E-state index is 11.9. The van der Waals surface area contributed by atoms with Gasteiger partial charge in [0.25, 0.3) is 5.89 Å². The minimum atomic E-state index is -0.362. The molecule has 9 nitrogen and oxygen atoms in total. The van der Waals surface area contributed by atoms with E-state index in [4.69, 9.17) is 25.6 Å². The molecule has 0 aliphatic carbocycles. The van der Waals surface area contributed by atoms with Gasteiger partial charge in [0, 0.05) is 25.5 Å². The molecule has 0 bridgehead atoms. The summed E-state index contributed by atoms with van der Waals surface area (Å²) in [6, 6.07) is 0. The van der Waals surface area contributed by atoms with Crippen LogP contribution in [0.2, 0.25) is 5.28 Å². The molecule has 10 heteroatoms. The van der Waals surface area contributed by atoms with Crippen molar-refractivity contribution in [3.63, 3.8) is 0 Å². The monoisotopic (exact) mass is 395 g/mol. The second-order valence-corrected chi connectivity index (χ2v) is 6.93. The van der Waals surface area contributed by atoms with E-state index in [9.17, 15) is 4.79 Å². The molecule has 0 aromatic carbocycles. The fourth-order valence-corrected chi connectivity index (χ4v) is 2.84. The summed E-state index contributed by atoms with van der Waals surface area (Å²) in [5, 5.41) is 4.09. The highest BCUT2D eigenvalue weighted by molar-refractivity contribution is 6.28. The fourth-order valence-electron chi connectivity index (χ4n) is 2.74. The lowest BCUT2D eigenvalue weighted by Gasteiger charge is -2.32. The van der Waals surface area contributed by atoms with Crippen molar-refractivity contribution in [3.05, 3.63) is 23.6 Å². The molecule has 0 N–H and O–H groups in total. The molecule has 0 spiro atoms. The molecule has 27 heavy (non-hydrogen) atoms. The van der Waals surface area contributed by atoms with E-state index >= 15 is 0 Å². The SMILES string of the molecule is CC(C)OC(=O)N1CCC(O[C@H](C)c2nc(-c3cnc(Cl)nc3)no2)CC1. The summed E-state index contributed by atoms with van der Waals surface area (Å²) in [4.78, 5) is 25.8. The number of ether oxygens (including phenoxy) is 2. The van der Waals surface area contributed by atoms with E-state index in [0.29, 0.717) is 30.4 Å². The van der Waals surface area contributed by atoms with Gasteiger partial charge in [-0.3, -0.25) is 0 Å². The average molecular weight is 396 g/mol. The summed E-state index contributed by atoms with van der Waals surface area (Å²) in [6.45, 7) is 6.73. The maximum atomic E-state index is 11.9. The van der Waals surface area contributed by atoms with Crippen molar-refractivity contribution >= 4 is 17.7 Å². The predicted octanol–water partition coefficient (Wildman–Crippen LogP) is 3.27. The van der Waals surface area contributed by atoms with E-state index in [0.717, 1.165) is 12.8 Å². The quantitative estimate of drug-likeness (QED) is 0.710. The van der Waals surface area contributed by atoms with Crippen molar-refractivity contribution < 1.29 is 18.8 Å². The van der Waals surface area contributed by atoms with Crippen molar-refractivity contribution in [3.8, 4) is 11.4 Å². The molecule has 1 aliphatic rings. The highest BCUT2D eigenvalue weighted by Gasteiger charge is 2.27. The smallest absolute Gasteiger partial charge is 0.410 e. The summed E-state index contributed by atoms with van der Waals surface area (Å²) < 4.78 is 16.5. The van der Waals surface area contributed by atoms with Crippen molar-refractivity contribution in [2.75, 3.05) is 13.1 Å². The zero-order chi connectivity index (χ0) is 19.4. The number of amides is 1. The van der Waals surface area contributed by atoms with Gasteiger partial charge in [0.1, 0.15) is 6.10 Å². The average Bonchev–Trinajstić information content (AvgIpc) is 3.12. The molecule has 1 fully saturated rings. The summed E-state index contributed by atoms with van der Waals surface area (Å²) in [5.41, 5.74) is 0.610. The van der Waals surface area contributed by atoms with Gasteiger partial charge in [-0.15, -0.1) is 0 Å². The minimum absolute atomic E-state index is 0.0114. The van der Waals surface area contributed by atoms with Crippen LogP contribution in [0.4, 0.5) is 4.79 Å². The Kier molecular flexibility index (Phi) is 6.22. The van der Waals surface area contributed by atoms with Gasteiger partial charge in [-0.05, 0) is 45.2 Å². The third-order valence-corrected chi connectivity index (χ3v) is 4.30. The molecule has 2 aromatic heterocycles. The van der Waals surface area contributed by atoms with Gasteiger partial charge in [-0.1, -0.05) is 5.16 Å². The Morgan fingerprint density at radius 3 is 2.56 bits per heavy atom. The zero-order valence-corrected chi connectivity index (χ0v) is 16.2. The number of aromatic nitrogens is 4. The number of hydrogen-bond donors (Lipinski definition) is 0. The van der Waals surface area contributed by atoms with E-state index in [-0.39, 0.29) is 29.7 Å². The lowest BCUT2D eigenvalue weighted by Crippen LogP contribution is -2.42. The van der Waals surface area contributed by atoms with Crippen molar-refractivity contribution in [2.24, 2.45) is 0 Å². The fraction of sp³-hybridized carbons (Fsp3) is 0.588. The molecule has 0 radical (unpaired) electrons. The highest BCUT2D eigenvalue weighted by atomic mass is 35.5. The van der Waals surface area contributed by atoms with Crippen LogP contribution in [0.1, 0.15) is 45.6 Å². The number of hydrogen-bond acceptors (Lipinski definition) is 8. The number of rotatable bonds is 5. The molecular formula is C17H22ClN5O4. The molecule has 1 aliphatic heterocycles. The molecule has 1 atom stereocenters. The third-order valence-electron chi connectivity index (χ3n) is 4.10. The van der Waals surface area contributed by atoms with Crippen LogP contribution in [0.3, 0.4) is 0 Å². The van der Waals surface area contributed by atoms with E-state index in [1.165, 1.54) is 12.4 Å². The molecule has 1 saturated heterocycles. The van der Waals surface area contributed by atoms with Crippen LogP contribution in [0.5, 0.6) is 0 Å². The van der Waals surface area contributed by atoms with Crippen LogP contribution in [0.25, 0.3) is 11.4 Å². The second kappa shape index (κ2) is 8.62. The lowest BCUT2D eigenvalue weighted by molar-refractivity contribution is -0.0475. The molecule has 0 saturated carbocycles. The molecule has 2 aromatic rings. The largest absolute Gasteiger partial charge is 0.447 e. The van der Waals surface area contributed by atoms with Gasteiger partial charge in [0.2, 0.25) is 11.1 Å². The van der Waals surface area contributed by atoms with Crippen LogP contribution in [-0.4, -0.2) is 56.4 Å². The topological polar surface area (TPSA) is 103 Å². The van der Waals surface area contributed by atoms with Gasteiger partial charge < -0.3 is 18.9 Å². The Labute approximate surface area is 162 Å². The Morgan fingerprint density at radius 2 is 1.93 bits per heavy atom. The minimum Gasteiger partial charge on any atom is -0.447 e. The predicted molar refractivity (Wildman–Crippen MR) is 96.0 cm³/mol. The molecule has 0 unspecified atom stereocenters. The van der Waals surface area contributed by atoms with Gasteiger partial charge in [-0.2, -0.15) is 4.98 Å². The number of likely N-dealkylation sites (tertiary alicyclic amines) is 1. The Balaban J connectivity index is 1.52. The Bertz CT molecular complexity index is 759. The zero-order valence-electron chi connectivity index (χ0n) is 15.5. The summed E-state index contributed by atoms with van der Waals surface area (Å²) in [5.74, 6) is 0.755. The Hall–Kier alpha value is -2.26. The standard InChI is InChI=1S/C17H22ClN5O4/c1-10(2)25-17(24)23-6-4-13(5-7-23)26-11(3)15-21-14(22-27-15)12-8-19-16(18)20-9-12/h8-11,13H,4-7H2,1-3H3/t11-/m1/s1. The van der Waals surface area contributed by atoms with Gasteiger partial charge in [0.15, 0.2) is 0 Å². The van der Waals surface area contributed by atoms with E-state index in [1.807, 2.05) is 20.8 Å². The van der Waals surface area contributed by atoms with Crippen LogP contribution >= 0.6 is 11.6 Å². The molecule has 1 amide bonds. The van der Waals surface area contributed by atoms with E-state index in [1.54, 1.807) is 4.90 Å². The third kappa shape index (κ3) is 5.14. The number of carbonyl (C=O) groups excluding carboxylic acids is 1. The number of piperidine rings is 1. The van der Waals surface area contributed by atoms with Crippen molar-refractivity contribution in [2.45, 2.75) is 51.9 Å². The van der Waals surface area contributed by atoms with Gasteiger partial charge in [-0.25, -0.2) is 14.8 Å². The second-order valence-electron chi connectivity index (χ2n) is 6.59. The van der Waals surface area contributed by atoms with Crippen LogP contribution in [0.15, 0.2) is 16.9 Å². The normalized spacial score (nSPS) is 16.6.